The molecule has 3 heteroatoms. The van der Waals surface area contributed by atoms with Crippen LogP contribution in [0.15, 0.2) is 24.3 Å². The Morgan fingerprint density at radius 2 is 2.26 bits per heavy atom. The van der Waals surface area contributed by atoms with E-state index in [1.807, 2.05) is 6.07 Å². The van der Waals surface area contributed by atoms with Crippen LogP contribution in [0.1, 0.15) is 32.3 Å². The summed E-state index contributed by atoms with van der Waals surface area (Å²) in [6.07, 6.45) is 3.32. The highest BCUT2D eigenvalue weighted by molar-refractivity contribution is 5.17. The van der Waals surface area contributed by atoms with E-state index >= 15 is 0 Å². The number of benzene rings is 1. The molecule has 106 valence electrons. The first-order valence-corrected chi connectivity index (χ1v) is 7.30. The summed E-state index contributed by atoms with van der Waals surface area (Å²) in [5, 5.41) is 0. The zero-order chi connectivity index (χ0) is 13.8. The summed E-state index contributed by atoms with van der Waals surface area (Å²) in [7, 11) is 0. The van der Waals surface area contributed by atoms with E-state index in [9.17, 15) is 4.39 Å². The van der Waals surface area contributed by atoms with E-state index in [0.29, 0.717) is 12.1 Å². The van der Waals surface area contributed by atoms with E-state index in [2.05, 4.69) is 18.7 Å². The van der Waals surface area contributed by atoms with Gasteiger partial charge in [0, 0.05) is 18.6 Å². The summed E-state index contributed by atoms with van der Waals surface area (Å²) < 4.78 is 13.2. The summed E-state index contributed by atoms with van der Waals surface area (Å²) in [6.45, 7) is 6.36. The topological polar surface area (TPSA) is 29.3 Å². The Morgan fingerprint density at radius 1 is 1.47 bits per heavy atom. The van der Waals surface area contributed by atoms with Gasteiger partial charge in [0.25, 0.3) is 0 Å². The van der Waals surface area contributed by atoms with Gasteiger partial charge in [0.05, 0.1) is 0 Å². The van der Waals surface area contributed by atoms with Crippen molar-refractivity contribution in [2.75, 3.05) is 13.1 Å². The quantitative estimate of drug-likeness (QED) is 0.906. The van der Waals surface area contributed by atoms with Gasteiger partial charge in [0.2, 0.25) is 0 Å². The Morgan fingerprint density at radius 3 is 2.95 bits per heavy atom. The molecule has 3 unspecified atom stereocenters. The van der Waals surface area contributed by atoms with Crippen molar-refractivity contribution < 1.29 is 4.39 Å². The molecule has 1 aromatic carbocycles. The third-order valence-electron chi connectivity index (χ3n) is 4.28. The summed E-state index contributed by atoms with van der Waals surface area (Å²) in [6, 6.07) is 7.83. The lowest BCUT2D eigenvalue weighted by molar-refractivity contribution is 0.0835. The minimum Gasteiger partial charge on any atom is -0.329 e. The Bertz CT molecular complexity index is 407. The summed E-state index contributed by atoms with van der Waals surface area (Å²) in [4.78, 5) is 2.50. The summed E-state index contributed by atoms with van der Waals surface area (Å²) >= 11 is 0. The first kappa shape index (κ1) is 14.5. The van der Waals surface area contributed by atoms with E-state index in [-0.39, 0.29) is 5.82 Å². The molecule has 0 saturated carbocycles. The fourth-order valence-electron chi connectivity index (χ4n) is 3.20. The zero-order valence-electron chi connectivity index (χ0n) is 12.0. The molecule has 2 N–H and O–H groups in total. The van der Waals surface area contributed by atoms with E-state index < -0.39 is 0 Å². The molecule has 0 bridgehead atoms. The third-order valence-corrected chi connectivity index (χ3v) is 4.28. The maximum Gasteiger partial charge on any atom is 0.123 e. The van der Waals surface area contributed by atoms with Crippen molar-refractivity contribution in [2.24, 2.45) is 11.7 Å². The Kier molecular flexibility index (Phi) is 4.94. The molecule has 0 aromatic heterocycles. The van der Waals surface area contributed by atoms with Crippen molar-refractivity contribution in [1.29, 1.82) is 0 Å². The lowest BCUT2D eigenvalue weighted by Crippen LogP contribution is -2.50. The lowest BCUT2D eigenvalue weighted by Gasteiger charge is -2.41. The highest BCUT2D eigenvalue weighted by atomic mass is 19.1. The van der Waals surface area contributed by atoms with Crippen molar-refractivity contribution in [1.82, 2.24) is 4.90 Å². The minimum atomic E-state index is -0.146. The monoisotopic (exact) mass is 264 g/mol. The first-order valence-electron chi connectivity index (χ1n) is 7.30. The third kappa shape index (κ3) is 3.77. The Hall–Kier alpha value is -0.930. The van der Waals surface area contributed by atoms with Gasteiger partial charge in [-0.1, -0.05) is 19.1 Å². The number of nitrogens with zero attached hydrogens (tertiary/aromatic N) is 1. The SMILES string of the molecule is CC1CCN(C(C)Cc2cccc(F)c2)C(CN)C1. The fourth-order valence-corrected chi connectivity index (χ4v) is 3.20. The number of piperidine rings is 1. The van der Waals surface area contributed by atoms with Gasteiger partial charge in [-0.25, -0.2) is 4.39 Å². The van der Waals surface area contributed by atoms with E-state index in [1.165, 1.54) is 18.9 Å². The predicted octanol–water partition coefficient (Wildman–Crippen LogP) is 2.82. The van der Waals surface area contributed by atoms with Gasteiger partial charge in [0.1, 0.15) is 5.82 Å². The van der Waals surface area contributed by atoms with Gasteiger partial charge in [-0.15, -0.1) is 0 Å². The molecule has 1 aliphatic heterocycles. The smallest absolute Gasteiger partial charge is 0.123 e. The number of halogens is 1. The Labute approximate surface area is 115 Å². The van der Waals surface area contributed by atoms with Gasteiger partial charge < -0.3 is 5.73 Å². The van der Waals surface area contributed by atoms with E-state index in [4.69, 9.17) is 5.73 Å². The van der Waals surface area contributed by atoms with Crippen LogP contribution in [0.25, 0.3) is 0 Å². The standard InChI is InChI=1S/C16H25FN2/c1-12-6-7-19(16(8-12)11-18)13(2)9-14-4-3-5-15(17)10-14/h3-5,10,12-13,16H,6-9,11,18H2,1-2H3. The molecule has 1 saturated heterocycles. The van der Waals surface area contributed by atoms with Crippen molar-refractivity contribution in [3.8, 4) is 0 Å². The van der Waals surface area contributed by atoms with Crippen molar-refractivity contribution in [3.63, 3.8) is 0 Å². The van der Waals surface area contributed by atoms with Crippen LogP contribution in [-0.2, 0) is 6.42 Å². The molecule has 2 rings (SSSR count). The highest BCUT2D eigenvalue weighted by Crippen LogP contribution is 2.25. The molecule has 2 nitrogen and oxygen atoms in total. The molecule has 19 heavy (non-hydrogen) atoms. The van der Waals surface area contributed by atoms with Crippen molar-refractivity contribution >= 4 is 0 Å². The van der Waals surface area contributed by atoms with Gasteiger partial charge in [-0.05, 0) is 56.3 Å². The number of hydrogen-bond acceptors (Lipinski definition) is 2. The van der Waals surface area contributed by atoms with E-state index in [0.717, 1.165) is 31.0 Å². The number of nitrogens with two attached hydrogens (primary N) is 1. The molecule has 0 spiro atoms. The number of hydrogen-bond donors (Lipinski definition) is 1. The normalized spacial score (nSPS) is 26.3. The molecular weight excluding hydrogens is 239 g/mol. The van der Waals surface area contributed by atoms with Crippen LogP contribution in [0, 0.1) is 11.7 Å². The molecule has 1 aromatic rings. The highest BCUT2D eigenvalue weighted by Gasteiger charge is 2.28. The predicted molar refractivity (Wildman–Crippen MR) is 77.5 cm³/mol. The molecule has 1 aliphatic rings. The fraction of sp³-hybridized carbons (Fsp3) is 0.625. The second-order valence-electron chi connectivity index (χ2n) is 5.94. The molecule has 1 fully saturated rings. The number of likely N-dealkylation sites (tertiary alicyclic amines) is 1. The summed E-state index contributed by atoms with van der Waals surface area (Å²) in [5.41, 5.74) is 6.98. The van der Waals surface area contributed by atoms with Crippen LogP contribution >= 0.6 is 0 Å². The molecular formula is C16H25FN2. The number of rotatable bonds is 4. The second-order valence-corrected chi connectivity index (χ2v) is 5.94. The maximum atomic E-state index is 13.2. The minimum absolute atomic E-state index is 0.146. The van der Waals surface area contributed by atoms with Crippen LogP contribution < -0.4 is 5.73 Å². The van der Waals surface area contributed by atoms with E-state index in [1.54, 1.807) is 12.1 Å². The van der Waals surface area contributed by atoms with Crippen LogP contribution in [0.3, 0.4) is 0 Å². The van der Waals surface area contributed by atoms with Gasteiger partial charge >= 0.3 is 0 Å². The molecule has 3 atom stereocenters. The molecule has 1 heterocycles. The van der Waals surface area contributed by atoms with Gasteiger partial charge in [-0.2, -0.15) is 0 Å². The average molecular weight is 264 g/mol. The zero-order valence-corrected chi connectivity index (χ0v) is 12.0. The van der Waals surface area contributed by atoms with Gasteiger partial charge in [0.15, 0.2) is 0 Å². The summed E-state index contributed by atoms with van der Waals surface area (Å²) in [5.74, 6) is 0.624. The largest absolute Gasteiger partial charge is 0.329 e. The molecule has 0 amide bonds. The first-order chi connectivity index (χ1) is 9.10. The second kappa shape index (κ2) is 6.49. The molecule has 0 aliphatic carbocycles. The lowest BCUT2D eigenvalue weighted by atomic mass is 9.90. The maximum absolute atomic E-state index is 13.2. The van der Waals surface area contributed by atoms with Crippen LogP contribution in [0.4, 0.5) is 4.39 Å². The van der Waals surface area contributed by atoms with Crippen molar-refractivity contribution in [3.05, 3.63) is 35.6 Å². The van der Waals surface area contributed by atoms with Gasteiger partial charge in [-0.3, -0.25) is 4.90 Å². The molecule has 0 radical (unpaired) electrons. The van der Waals surface area contributed by atoms with Crippen molar-refractivity contribution in [2.45, 2.75) is 45.2 Å². The Balaban J connectivity index is 2.00. The average Bonchev–Trinajstić information content (AvgIpc) is 2.38. The van der Waals surface area contributed by atoms with Crippen LogP contribution in [0.5, 0.6) is 0 Å². The van der Waals surface area contributed by atoms with Crippen LogP contribution in [0.2, 0.25) is 0 Å². The van der Waals surface area contributed by atoms with Crippen LogP contribution in [-0.4, -0.2) is 30.1 Å².